The van der Waals surface area contributed by atoms with Gasteiger partial charge in [0, 0.05) is 12.8 Å². The number of carbonyl (C=O) groups excluding carboxylic acids is 2. The molecule has 0 saturated carbocycles. The van der Waals surface area contributed by atoms with Gasteiger partial charge in [0.05, 0.1) is 33.8 Å². The summed E-state index contributed by atoms with van der Waals surface area (Å²) in [7, 11) is 1.15. The lowest BCUT2D eigenvalue weighted by atomic mass is 10.0. The van der Waals surface area contributed by atoms with Crippen molar-refractivity contribution in [3.63, 3.8) is 0 Å². The van der Waals surface area contributed by atoms with Gasteiger partial charge in [0.15, 0.2) is 0 Å². The molecule has 0 spiro atoms. The zero-order valence-corrected chi connectivity index (χ0v) is 50.1. The molecule has 0 aliphatic carbocycles. The summed E-state index contributed by atoms with van der Waals surface area (Å²) < 4.78 is 30.3. The van der Waals surface area contributed by atoms with Gasteiger partial charge in [-0.1, -0.05) is 240 Å². The van der Waals surface area contributed by atoms with Gasteiger partial charge in [0.2, 0.25) is 5.91 Å². The standard InChI is InChI=1S/C65H115N2O7P/c1-7-10-13-16-19-22-25-28-30-31-32-33-34-35-37-39-42-45-48-51-54-57-64(68)66-62(61-73-75(70,71)72-60-59-67(4,5)6)63(56-53-50-47-44-41-38-27-24-21-18-15-12-9-3)74-65(69)58-55-52-49-46-43-40-36-29-26-23-20-17-14-11-8-2/h11,14,17,19-20,22-23,26,28,30,32-33,35,37,53,56,62-63H,7-10,12-13,15-16,18,21,24-25,27,29,31,34,36,38-52,54-55,57-61H2,1-6H3,(H-,66,68,70,71)/b14-11+,20-17+,22-19-,26-23+,30-28-,33-32-,37-35-,56-53-. The third-order valence-corrected chi connectivity index (χ3v) is 14.0. The quantitative estimate of drug-likeness (QED) is 0.0161. The smallest absolute Gasteiger partial charge is 0.306 e. The minimum atomic E-state index is -4.71. The van der Waals surface area contributed by atoms with Gasteiger partial charge >= 0.3 is 5.97 Å². The van der Waals surface area contributed by atoms with Crippen molar-refractivity contribution in [1.82, 2.24) is 5.32 Å². The van der Waals surface area contributed by atoms with E-state index >= 15 is 0 Å². The molecule has 75 heavy (non-hydrogen) atoms. The molecule has 0 bridgehead atoms. The number of allylic oxidation sites excluding steroid dienone is 15. The molecule has 0 rings (SSSR count). The van der Waals surface area contributed by atoms with E-state index in [4.69, 9.17) is 13.8 Å². The molecule has 9 nitrogen and oxygen atoms in total. The highest BCUT2D eigenvalue weighted by Crippen LogP contribution is 2.38. The Morgan fingerprint density at radius 3 is 1.41 bits per heavy atom. The number of unbranched alkanes of at least 4 members (excludes halogenated alkanes) is 26. The molecular weight excluding hydrogens is 952 g/mol. The first kappa shape index (κ1) is 71.9. The minimum Gasteiger partial charge on any atom is -0.756 e. The van der Waals surface area contributed by atoms with Crippen LogP contribution in [0.4, 0.5) is 0 Å². The molecule has 1 N–H and O–H groups in total. The summed E-state index contributed by atoms with van der Waals surface area (Å²) in [5.74, 6) is -0.579. The van der Waals surface area contributed by atoms with Crippen molar-refractivity contribution in [2.24, 2.45) is 0 Å². The predicted octanol–water partition coefficient (Wildman–Crippen LogP) is 18.1. The lowest BCUT2D eigenvalue weighted by molar-refractivity contribution is -0.870. The maximum absolute atomic E-state index is 13.5. The highest BCUT2D eigenvalue weighted by molar-refractivity contribution is 7.45. The molecule has 10 heteroatoms. The number of nitrogens with one attached hydrogen (secondary N) is 1. The molecule has 0 aliphatic heterocycles. The third kappa shape index (κ3) is 55.5. The Kier molecular flexibility index (Phi) is 52.1. The average Bonchev–Trinajstić information content (AvgIpc) is 3.37. The first-order valence-electron chi connectivity index (χ1n) is 30.6. The van der Waals surface area contributed by atoms with Gasteiger partial charge in [-0.25, -0.2) is 0 Å². The van der Waals surface area contributed by atoms with Crippen molar-refractivity contribution in [1.29, 1.82) is 0 Å². The Labute approximate surface area is 462 Å². The van der Waals surface area contributed by atoms with Gasteiger partial charge in [-0.05, 0) is 96.0 Å². The van der Waals surface area contributed by atoms with Crippen molar-refractivity contribution in [3.8, 4) is 0 Å². The number of nitrogens with zero attached hydrogens (tertiary/aromatic N) is 1. The second-order valence-electron chi connectivity index (χ2n) is 21.5. The Morgan fingerprint density at radius 2 is 0.907 bits per heavy atom. The molecule has 0 heterocycles. The number of carbonyl (C=O) groups is 2. The van der Waals surface area contributed by atoms with Crippen LogP contribution in [-0.4, -0.2) is 69.4 Å². The maximum atomic E-state index is 13.5. The van der Waals surface area contributed by atoms with E-state index in [0.717, 1.165) is 103 Å². The Morgan fingerprint density at radius 1 is 0.493 bits per heavy atom. The van der Waals surface area contributed by atoms with E-state index < -0.39 is 26.6 Å². The van der Waals surface area contributed by atoms with Crippen molar-refractivity contribution >= 4 is 19.7 Å². The number of esters is 1. The Balaban J connectivity index is 5.35. The highest BCUT2D eigenvalue weighted by atomic mass is 31.2. The molecule has 0 aliphatic rings. The predicted molar refractivity (Wildman–Crippen MR) is 321 cm³/mol. The number of amides is 1. The van der Waals surface area contributed by atoms with Crippen LogP contribution >= 0.6 is 7.82 Å². The summed E-state index contributed by atoms with van der Waals surface area (Å²) in [5, 5.41) is 3.01. The Bertz CT molecular complexity index is 1610. The number of ether oxygens (including phenoxy) is 1. The largest absolute Gasteiger partial charge is 0.756 e. The van der Waals surface area contributed by atoms with Crippen LogP contribution in [0.3, 0.4) is 0 Å². The van der Waals surface area contributed by atoms with E-state index in [1.807, 2.05) is 33.3 Å². The molecule has 3 atom stereocenters. The van der Waals surface area contributed by atoms with Gasteiger partial charge in [-0.2, -0.15) is 0 Å². The lowest BCUT2D eigenvalue weighted by Gasteiger charge is -2.30. The third-order valence-electron chi connectivity index (χ3n) is 13.1. The van der Waals surface area contributed by atoms with Crippen molar-refractivity contribution in [2.75, 3.05) is 40.9 Å². The molecule has 0 aromatic carbocycles. The van der Waals surface area contributed by atoms with Crippen LogP contribution in [0.1, 0.15) is 252 Å². The van der Waals surface area contributed by atoms with E-state index in [1.165, 1.54) is 103 Å². The lowest BCUT2D eigenvalue weighted by Crippen LogP contribution is -2.47. The number of phosphoric acid groups is 1. The molecule has 0 saturated heterocycles. The van der Waals surface area contributed by atoms with Crippen LogP contribution < -0.4 is 10.2 Å². The van der Waals surface area contributed by atoms with Crippen LogP contribution in [0.2, 0.25) is 0 Å². The SMILES string of the molecule is CC/C=C/C=C/C=C/CCCCCCCCCC(=O)OC(/C=C\CCCCCCCCCCCCC)C(COP(=O)([O-])OCC[N+](C)(C)C)NC(=O)CCCCCCC/C=C\C/C=C\C/C=C\C/C=C\CCCCC. The van der Waals surface area contributed by atoms with E-state index in [-0.39, 0.29) is 31.3 Å². The number of phosphoric ester groups is 1. The zero-order valence-electron chi connectivity index (χ0n) is 49.2. The maximum Gasteiger partial charge on any atom is 0.306 e. The van der Waals surface area contributed by atoms with Gasteiger partial charge in [-0.3, -0.25) is 14.2 Å². The fraction of sp³-hybridized carbons (Fsp3) is 0.723. The molecule has 432 valence electrons. The number of hydrogen-bond donors (Lipinski definition) is 1. The van der Waals surface area contributed by atoms with E-state index in [2.05, 4.69) is 111 Å². The first-order chi connectivity index (χ1) is 36.4. The number of likely N-dealkylation sites (N-methyl/N-ethyl adjacent to an activating group) is 1. The molecule has 0 aromatic rings. The molecule has 0 radical (unpaired) electrons. The van der Waals surface area contributed by atoms with Crippen molar-refractivity contribution < 1.29 is 37.3 Å². The van der Waals surface area contributed by atoms with E-state index in [9.17, 15) is 19.0 Å². The summed E-state index contributed by atoms with van der Waals surface area (Å²) in [6.07, 6.45) is 72.2. The summed E-state index contributed by atoms with van der Waals surface area (Å²) in [4.78, 5) is 40.0. The number of rotatable bonds is 54. The normalized spacial score (nSPS) is 14.4. The van der Waals surface area contributed by atoms with Gasteiger partial charge in [0.1, 0.15) is 19.3 Å². The first-order valence-corrected chi connectivity index (χ1v) is 32.0. The zero-order chi connectivity index (χ0) is 55.0. The summed E-state index contributed by atoms with van der Waals surface area (Å²) in [5.41, 5.74) is 0. The van der Waals surface area contributed by atoms with Gasteiger partial charge < -0.3 is 28.5 Å². The highest BCUT2D eigenvalue weighted by Gasteiger charge is 2.27. The van der Waals surface area contributed by atoms with Crippen LogP contribution in [0, 0.1) is 0 Å². The second-order valence-corrected chi connectivity index (χ2v) is 22.9. The van der Waals surface area contributed by atoms with Gasteiger partial charge in [0.25, 0.3) is 7.82 Å². The molecule has 0 fully saturated rings. The average molecular weight is 1070 g/mol. The van der Waals surface area contributed by atoms with Crippen LogP contribution in [0.25, 0.3) is 0 Å². The van der Waals surface area contributed by atoms with Crippen LogP contribution in [0.5, 0.6) is 0 Å². The number of quaternary nitrogens is 1. The molecular formula is C65H115N2O7P. The monoisotopic (exact) mass is 1070 g/mol. The summed E-state index contributed by atoms with van der Waals surface area (Å²) in [6.45, 7) is 6.66. The molecule has 1 amide bonds. The molecule has 0 aromatic heterocycles. The second kappa shape index (κ2) is 54.3. The topological polar surface area (TPSA) is 114 Å². The number of hydrogen-bond acceptors (Lipinski definition) is 7. The Hall–Kier alpha value is -3.07. The van der Waals surface area contributed by atoms with Crippen molar-refractivity contribution in [3.05, 3.63) is 97.2 Å². The summed E-state index contributed by atoms with van der Waals surface area (Å²) in [6, 6.07) is -0.909. The molecule has 3 unspecified atom stereocenters. The van der Waals surface area contributed by atoms with Crippen LogP contribution in [0.15, 0.2) is 97.2 Å². The fourth-order valence-electron chi connectivity index (χ4n) is 8.33. The summed E-state index contributed by atoms with van der Waals surface area (Å²) >= 11 is 0. The van der Waals surface area contributed by atoms with E-state index in [0.29, 0.717) is 23.9 Å². The van der Waals surface area contributed by atoms with Gasteiger partial charge in [-0.15, -0.1) is 0 Å². The van der Waals surface area contributed by atoms with Crippen LogP contribution in [-0.2, 0) is 27.9 Å². The van der Waals surface area contributed by atoms with E-state index in [1.54, 1.807) is 0 Å². The van der Waals surface area contributed by atoms with Crippen molar-refractivity contribution in [2.45, 2.75) is 264 Å². The fourth-order valence-corrected chi connectivity index (χ4v) is 9.05. The minimum absolute atomic E-state index is 0.0330.